The molecular weight excluding hydrogens is 211 g/mol. The van der Waals surface area contributed by atoms with E-state index in [4.69, 9.17) is 5.26 Å². The second kappa shape index (κ2) is 5.74. The largest absolute Gasteiger partial charge is 0.309 e. The fraction of sp³-hybridized carbons (Fsp3) is 0.364. The van der Waals surface area contributed by atoms with Crippen LogP contribution in [0.25, 0.3) is 0 Å². The van der Waals surface area contributed by atoms with Gasteiger partial charge in [-0.25, -0.2) is 4.39 Å². The standard InChI is InChI=1S/C11H13FN2S/c1-14(2)3-4-15-11-6-9(8-13)5-10(12)7-11/h5-7H,3-4H2,1-2H3. The molecule has 0 radical (unpaired) electrons. The Balaban J connectivity index is 2.61. The van der Waals surface area contributed by atoms with E-state index in [1.165, 1.54) is 12.1 Å². The van der Waals surface area contributed by atoms with Gasteiger partial charge in [-0.05, 0) is 32.3 Å². The third-order valence-electron chi connectivity index (χ3n) is 1.81. The summed E-state index contributed by atoms with van der Waals surface area (Å²) < 4.78 is 13.0. The van der Waals surface area contributed by atoms with Crippen LogP contribution in [-0.4, -0.2) is 31.3 Å². The van der Waals surface area contributed by atoms with Crippen LogP contribution in [0, 0.1) is 17.1 Å². The molecule has 15 heavy (non-hydrogen) atoms. The van der Waals surface area contributed by atoms with E-state index in [0.717, 1.165) is 17.2 Å². The van der Waals surface area contributed by atoms with Crippen molar-refractivity contribution < 1.29 is 4.39 Å². The predicted octanol–water partition coefficient (Wildman–Crippen LogP) is 2.35. The number of hydrogen-bond donors (Lipinski definition) is 0. The Morgan fingerprint density at radius 1 is 1.40 bits per heavy atom. The highest BCUT2D eigenvalue weighted by Gasteiger charge is 2.01. The number of hydrogen-bond acceptors (Lipinski definition) is 3. The molecule has 0 saturated heterocycles. The van der Waals surface area contributed by atoms with Gasteiger partial charge < -0.3 is 4.90 Å². The number of rotatable bonds is 4. The number of thioether (sulfide) groups is 1. The maximum Gasteiger partial charge on any atom is 0.125 e. The average molecular weight is 224 g/mol. The van der Waals surface area contributed by atoms with Crippen LogP contribution in [0.3, 0.4) is 0 Å². The van der Waals surface area contributed by atoms with Crippen LogP contribution in [0.5, 0.6) is 0 Å². The highest BCUT2D eigenvalue weighted by atomic mass is 32.2. The van der Waals surface area contributed by atoms with Gasteiger partial charge in [0.1, 0.15) is 5.82 Å². The van der Waals surface area contributed by atoms with Crippen LogP contribution in [0.4, 0.5) is 4.39 Å². The van der Waals surface area contributed by atoms with Gasteiger partial charge in [-0.15, -0.1) is 11.8 Å². The Morgan fingerprint density at radius 3 is 2.73 bits per heavy atom. The third kappa shape index (κ3) is 4.32. The first kappa shape index (κ1) is 12.0. The van der Waals surface area contributed by atoms with Crippen molar-refractivity contribution in [3.8, 4) is 6.07 Å². The van der Waals surface area contributed by atoms with Crippen molar-refractivity contribution in [3.63, 3.8) is 0 Å². The number of nitriles is 1. The van der Waals surface area contributed by atoms with Crippen LogP contribution < -0.4 is 0 Å². The molecule has 0 amide bonds. The van der Waals surface area contributed by atoms with E-state index in [9.17, 15) is 4.39 Å². The Morgan fingerprint density at radius 2 is 2.13 bits per heavy atom. The number of halogens is 1. The van der Waals surface area contributed by atoms with Gasteiger partial charge in [0.2, 0.25) is 0 Å². The Labute approximate surface area is 93.7 Å². The second-order valence-electron chi connectivity index (χ2n) is 3.44. The van der Waals surface area contributed by atoms with Gasteiger partial charge in [0, 0.05) is 17.2 Å². The van der Waals surface area contributed by atoms with Crippen molar-refractivity contribution in [1.29, 1.82) is 5.26 Å². The van der Waals surface area contributed by atoms with Gasteiger partial charge >= 0.3 is 0 Å². The fourth-order valence-corrected chi connectivity index (χ4v) is 2.16. The zero-order chi connectivity index (χ0) is 11.3. The summed E-state index contributed by atoms with van der Waals surface area (Å²) >= 11 is 1.56. The van der Waals surface area contributed by atoms with Gasteiger partial charge in [0.25, 0.3) is 0 Å². The molecule has 0 heterocycles. The molecule has 2 nitrogen and oxygen atoms in total. The summed E-state index contributed by atoms with van der Waals surface area (Å²) in [6.07, 6.45) is 0. The number of benzene rings is 1. The van der Waals surface area contributed by atoms with E-state index in [1.54, 1.807) is 17.8 Å². The second-order valence-corrected chi connectivity index (χ2v) is 4.61. The van der Waals surface area contributed by atoms with Crippen LogP contribution in [0.15, 0.2) is 23.1 Å². The van der Waals surface area contributed by atoms with E-state index in [1.807, 2.05) is 20.2 Å². The Hall–Kier alpha value is -1.05. The fourth-order valence-electron chi connectivity index (χ4n) is 1.06. The third-order valence-corrected chi connectivity index (χ3v) is 2.76. The highest BCUT2D eigenvalue weighted by molar-refractivity contribution is 7.99. The zero-order valence-electron chi connectivity index (χ0n) is 8.83. The van der Waals surface area contributed by atoms with E-state index < -0.39 is 0 Å². The van der Waals surface area contributed by atoms with Gasteiger partial charge in [-0.1, -0.05) is 0 Å². The van der Waals surface area contributed by atoms with Gasteiger partial charge in [-0.3, -0.25) is 0 Å². The molecule has 0 unspecified atom stereocenters. The quantitative estimate of drug-likeness (QED) is 0.735. The summed E-state index contributed by atoms with van der Waals surface area (Å²) in [4.78, 5) is 2.88. The summed E-state index contributed by atoms with van der Waals surface area (Å²) in [6, 6.07) is 6.36. The molecule has 1 rings (SSSR count). The first-order valence-corrected chi connectivity index (χ1v) is 5.58. The van der Waals surface area contributed by atoms with E-state index in [-0.39, 0.29) is 5.82 Å². The van der Waals surface area contributed by atoms with Crippen LogP contribution in [-0.2, 0) is 0 Å². The average Bonchev–Trinajstić information content (AvgIpc) is 2.16. The van der Waals surface area contributed by atoms with Crippen molar-refractivity contribution in [1.82, 2.24) is 4.90 Å². The smallest absolute Gasteiger partial charge is 0.125 e. The van der Waals surface area contributed by atoms with Crippen LogP contribution in [0.2, 0.25) is 0 Å². The van der Waals surface area contributed by atoms with Crippen molar-refractivity contribution in [2.24, 2.45) is 0 Å². The molecule has 0 bridgehead atoms. The Bertz CT molecular complexity index is 371. The highest BCUT2D eigenvalue weighted by Crippen LogP contribution is 2.20. The molecule has 0 fully saturated rings. The van der Waals surface area contributed by atoms with Crippen molar-refractivity contribution >= 4 is 11.8 Å². The molecule has 0 aliphatic carbocycles. The summed E-state index contributed by atoms with van der Waals surface area (Å²) in [5.41, 5.74) is 0.377. The van der Waals surface area contributed by atoms with E-state index >= 15 is 0 Å². The van der Waals surface area contributed by atoms with Crippen molar-refractivity contribution in [2.45, 2.75) is 4.90 Å². The molecule has 0 N–H and O–H groups in total. The molecular formula is C11H13FN2S. The minimum absolute atomic E-state index is 0.346. The normalized spacial score (nSPS) is 10.3. The van der Waals surface area contributed by atoms with Gasteiger partial charge in [-0.2, -0.15) is 5.26 Å². The lowest BCUT2D eigenvalue weighted by Crippen LogP contribution is -2.14. The molecule has 0 aliphatic rings. The zero-order valence-corrected chi connectivity index (χ0v) is 9.64. The Kier molecular flexibility index (Phi) is 4.60. The van der Waals surface area contributed by atoms with E-state index in [0.29, 0.717) is 5.56 Å². The molecule has 0 aliphatic heterocycles. The molecule has 0 spiro atoms. The lowest BCUT2D eigenvalue weighted by molar-refractivity contribution is 0.437. The predicted molar refractivity (Wildman–Crippen MR) is 60.4 cm³/mol. The lowest BCUT2D eigenvalue weighted by Gasteiger charge is -2.08. The molecule has 0 atom stereocenters. The molecule has 1 aromatic rings. The monoisotopic (exact) mass is 224 g/mol. The maximum absolute atomic E-state index is 13.0. The van der Waals surface area contributed by atoms with Crippen molar-refractivity contribution in [3.05, 3.63) is 29.6 Å². The molecule has 0 saturated carbocycles. The molecule has 1 aromatic carbocycles. The first-order chi connectivity index (χ1) is 7.11. The minimum Gasteiger partial charge on any atom is -0.309 e. The number of nitrogens with zero attached hydrogens (tertiary/aromatic N) is 2. The summed E-state index contributed by atoms with van der Waals surface area (Å²) in [5.74, 6) is 0.544. The minimum atomic E-state index is -0.346. The van der Waals surface area contributed by atoms with Crippen LogP contribution in [0.1, 0.15) is 5.56 Å². The summed E-state index contributed by atoms with van der Waals surface area (Å²) in [5, 5.41) is 8.67. The maximum atomic E-state index is 13.0. The lowest BCUT2D eigenvalue weighted by atomic mass is 10.2. The topological polar surface area (TPSA) is 27.0 Å². The summed E-state index contributed by atoms with van der Waals surface area (Å²) in [6.45, 7) is 0.934. The van der Waals surface area contributed by atoms with E-state index in [2.05, 4.69) is 4.90 Å². The molecule has 4 heteroatoms. The first-order valence-electron chi connectivity index (χ1n) is 4.60. The van der Waals surface area contributed by atoms with Crippen LogP contribution >= 0.6 is 11.8 Å². The van der Waals surface area contributed by atoms with Gasteiger partial charge in [0.05, 0.1) is 11.6 Å². The van der Waals surface area contributed by atoms with Gasteiger partial charge in [0.15, 0.2) is 0 Å². The molecule has 0 aromatic heterocycles. The summed E-state index contributed by atoms with van der Waals surface area (Å²) in [7, 11) is 3.99. The SMILES string of the molecule is CN(C)CCSc1cc(F)cc(C#N)c1. The molecule has 80 valence electrons. The van der Waals surface area contributed by atoms with Crippen molar-refractivity contribution in [2.75, 3.05) is 26.4 Å².